The summed E-state index contributed by atoms with van der Waals surface area (Å²) in [5, 5.41) is 6.13. The number of hydrogen-bond donors (Lipinski definition) is 1. The molecule has 0 heterocycles. The van der Waals surface area contributed by atoms with Crippen LogP contribution in [-0.4, -0.2) is 25.5 Å². The van der Waals surface area contributed by atoms with E-state index >= 15 is 0 Å². The molecule has 7 heteroatoms. The third kappa shape index (κ3) is 4.62. The maximum absolute atomic E-state index is 11.8. The molecule has 0 aliphatic rings. The van der Waals surface area contributed by atoms with Crippen LogP contribution in [0.4, 0.5) is 5.69 Å². The monoisotopic (exact) mass is 276 g/mol. The third-order valence-corrected chi connectivity index (χ3v) is 2.76. The second-order valence-electron chi connectivity index (χ2n) is 4.21. The lowest BCUT2D eigenvalue weighted by Gasteiger charge is -2.10. The summed E-state index contributed by atoms with van der Waals surface area (Å²) >= 11 is 0. The van der Waals surface area contributed by atoms with Crippen molar-refractivity contribution in [2.24, 2.45) is 11.0 Å². The van der Waals surface area contributed by atoms with Crippen LogP contribution in [-0.2, 0) is 9.53 Å². The van der Waals surface area contributed by atoms with E-state index in [0.29, 0.717) is 24.2 Å². The molecule has 0 fully saturated rings. The van der Waals surface area contributed by atoms with Crippen LogP contribution in [0.25, 0.3) is 10.4 Å². The summed E-state index contributed by atoms with van der Waals surface area (Å²) in [5.74, 6) is -0.792. The van der Waals surface area contributed by atoms with Crippen LogP contribution in [0.3, 0.4) is 0 Å². The van der Waals surface area contributed by atoms with Gasteiger partial charge in [-0.25, -0.2) is 0 Å². The van der Waals surface area contributed by atoms with Crippen molar-refractivity contribution in [1.82, 2.24) is 5.32 Å². The fourth-order valence-corrected chi connectivity index (χ4v) is 1.55. The van der Waals surface area contributed by atoms with Gasteiger partial charge in [-0.15, -0.1) is 0 Å². The van der Waals surface area contributed by atoms with E-state index in [1.54, 1.807) is 31.2 Å². The van der Waals surface area contributed by atoms with Gasteiger partial charge in [0.25, 0.3) is 5.91 Å². The zero-order chi connectivity index (χ0) is 15.0. The van der Waals surface area contributed by atoms with Gasteiger partial charge < -0.3 is 10.1 Å². The summed E-state index contributed by atoms with van der Waals surface area (Å²) in [6.07, 6.45) is 0.509. The van der Waals surface area contributed by atoms with Crippen molar-refractivity contribution in [3.8, 4) is 0 Å². The lowest BCUT2D eigenvalue weighted by atomic mass is 10.1. The maximum atomic E-state index is 11.8. The standard InChI is InChI=1S/C13H16N4O3/c1-9(13(19)20-2)7-8-15-12(18)10-3-5-11(6-4-10)16-17-14/h3-6,9H,7-8H2,1-2H3,(H,15,18)/t9-/m0/s1. The number of esters is 1. The number of carbonyl (C=O) groups is 2. The van der Waals surface area contributed by atoms with Crippen LogP contribution in [0.1, 0.15) is 23.7 Å². The fourth-order valence-electron chi connectivity index (χ4n) is 1.55. The first kappa shape index (κ1) is 15.5. The predicted octanol–water partition coefficient (Wildman–Crippen LogP) is 2.56. The topological polar surface area (TPSA) is 104 Å². The zero-order valence-electron chi connectivity index (χ0n) is 11.4. The Morgan fingerprint density at radius 1 is 1.40 bits per heavy atom. The molecule has 0 aromatic heterocycles. The molecule has 1 rings (SSSR count). The van der Waals surface area contributed by atoms with Crippen LogP contribution < -0.4 is 5.32 Å². The number of nitrogens with one attached hydrogen (secondary N) is 1. The summed E-state index contributed by atoms with van der Waals surface area (Å²) in [6, 6.07) is 6.27. The van der Waals surface area contributed by atoms with E-state index in [-0.39, 0.29) is 17.8 Å². The number of ether oxygens (including phenoxy) is 1. The summed E-state index contributed by atoms with van der Waals surface area (Å²) < 4.78 is 4.60. The Bertz CT molecular complexity index is 521. The highest BCUT2D eigenvalue weighted by Crippen LogP contribution is 2.13. The molecule has 0 radical (unpaired) electrons. The van der Waals surface area contributed by atoms with Crippen LogP contribution in [0.2, 0.25) is 0 Å². The summed E-state index contributed by atoms with van der Waals surface area (Å²) in [5.41, 5.74) is 9.19. The van der Waals surface area contributed by atoms with Gasteiger partial charge in [-0.2, -0.15) is 0 Å². The Kier molecular flexibility index (Phi) is 6.06. The predicted molar refractivity (Wildman–Crippen MR) is 73.4 cm³/mol. The second-order valence-corrected chi connectivity index (χ2v) is 4.21. The van der Waals surface area contributed by atoms with Crippen molar-refractivity contribution >= 4 is 17.6 Å². The van der Waals surface area contributed by atoms with E-state index in [2.05, 4.69) is 20.1 Å². The van der Waals surface area contributed by atoms with Gasteiger partial charge in [0, 0.05) is 22.7 Å². The van der Waals surface area contributed by atoms with E-state index in [9.17, 15) is 9.59 Å². The van der Waals surface area contributed by atoms with Crippen LogP contribution >= 0.6 is 0 Å². The Morgan fingerprint density at radius 3 is 2.60 bits per heavy atom. The number of nitrogens with zero attached hydrogens (tertiary/aromatic N) is 3. The molecule has 0 spiro atoms. The van der Waals surface area contributed by atoms with E-state index in [1.807, 2.05) is 0 Å². The number of methoxy groups -OCH3 is 1. The molecular weight excluding hydrogens is 260 g/mol. The highest BCUT2D eigenvalue weighted by Gasteiger charge is 2.13. The Morgan fingerprint density at radius 2 is 2.05 bits per heavy atom. The molecular formula is C13H16N4O3. The first-order valence-electron chi connectivity index (χ1n) is 6.09. The molecule has 0 aliphatic carbocycles. The molecule has 0 saturated carbocycles. The molecule has 0 saturated heterocycles. The van der Waals surface area contributed by atoms with E-state index < -0.39 is 0 Å². The van der Waals surface area contributed by atoms with Crippen molar-refractivity contribution < 1.29 is 14.3 Å². The van der Waals surface area contributed by atoms with Gasteiger partial charge in [-0.05, 0) is 24.1 Å². The summed E-state index contributed by atoms with van der Waals surface area (Å²) in [7, 11) is 1.34. The minimum Gasteiger partial charge on any atom is -0.469 e. The number of benzene rings is 1. The van der Waals surface area contributed by atoms with Crippen molar-refractivity contribution in [3.63, 3.8) is 0 Å². The summed E-state index contributed by atoms with van der Waals surface area (Å²) in [6.45, 7) is 2.12. The van der Waals surface area contributed by atoms with Crippen molar-refractivity contribution in [2.45, 2.75) is 13.3 Å². The maximum Gasteiger partial charge on any atom is 0.308 e. The third-order valence-electron chi connectivity index (χ3n) is 2.76. The lowest BCUT2D eigenvalue weighted by Crippen LogP contribution is -2.27. The lowest BCUT2D eigenvalue weighted by molar-refractivity contribution is -0.144. The van der Waals surface area contributed by atoms with E-state index in [1.165, 1.54) is 7.11 Å². The number of amides is 1. The molecule has 0 unspecified atom stereocenters. The highest BCUT2D eigenvalue weighted by molar-refractivity contribution is 5.94. The largest absolute Gasteiger partial charge is 0.469 e. The molecule has 1 N–H and O–H groups in total. The van der Waals surface area contributed by atoms with Gasteiger partial charge in [-0.3, -0.25) is 9.59 Å². The number of azide groups is 1. The number of hydrogen-bond acceptors (Lipinski definition) is 4. The molecule has 1 atom stereocenters. The molecule has 0 bridgehead atoms. The first-order valence-corrected chi connectivity index (χ1v) is 6.09. The van der Waals surface area contributed by atoms with E-state index in [0.717, 1.165) is 0 Å². The van der Waals surface area contributed by atoms with Crippen LogP contribution in [0, 0.1) is 5.92 Å². The van der Waals surface area contributed by atoms with Gasteiger partial charge in [0.15, 0.2) is 0 Å². The molecule has 1 amide bonds. The molecule has 7 nitrogen and oxygen atoms in total. The van der Waals surface area contributed by atoms with Crippen LogP contribution in [0.15, 0.2) is 29.4 Å². The second kappa shape index (κ2) is 7.81. The molecule has 106 valence electrons. The van der Waals surface area contributed by atoms with Crippen molar-refractivity contribution in [2.75, 3.05) is 13.7 Å². The minimum atomic E-state index is -0.294. The normalized spacial score (nSPS) is 11.1. The number of rotatable bonds is 6. The average Bonchev–Trinajstić information content (AvgIpc) is 2.47. The first-order chi connectivity index (χ1) is 9.58. The Labute approximate surface area is 116 Å². The minimum absolute atomic E-state index is 0.241. The van der Waals surface area contributed by atoms with Crippen molar-refractivity contribution in [3.05, 3.63) is 40.3 Å². The van der Waals surface area contributed by atoms with E-state index in [4.69, 9.17) is 5.53 Å². The average molecular weight is 276 g/mol. The van der Waals surface area contributed by atoms with Crippen LogP contribution in [0.5, 0.6) is 0 Å². The zero-order valence-corrected chi connectivity index (χ0v) is 11.4. The Balaban J connectivity index is 2.47. The smallest absolute Gasteiger partial charge is 0.308 e. The quantitative estimate of drug-likeness (QED) is 0.373. The van der Waals surface area contributed by atoms with Crippen molar-refractivity contribution in [1.29, 1.82) is 0 Å². The van der Waals surface area contributed by atoms with Gasteiger partial charge >= 0.3 is 5.97 Å². The Hall–Kier alpha value is -2.53. The SMILES string of the molecule is COC(=O)[C@@H](C)CCNC(=O)c1ccc(N=[N+]=[N-])cc1. The highest BCUT2D eigenvalue weighted by atomic mass is 16.5. The molecule has 1 aromatic rings. The van der Waals surface area contributed by atoms with Gasteiger partial charge in [0.05, 0.1) is 13.0 Å². The molecule has 20 heavy (non-hydrogen) atoms. The number of carbonyl (C=O) groups excluding carboxylic acids is 2. The molecule has 1 aromatic carbocycles. The van der Waals surface area contributed by atoms with Gasteiger partial charge in [-0.1, -0.05) is 24.2 Å². The van der Waals surface area contributed by atoms with Gasteiger partial charge in [0.2, 0.25) is 0 Å². The van der Waals surface area contributed by atoms with Gasteiger partial charge in [0.1, 0.15) is 0 Å². The fraction of sp³-hybridized carbons (Fsp3) is 0.385. The molecule has 0 aliphatic heterocycles. The summed E-state index contributed by atoms with van der Waals surface area (Å²) in [4.78, 5) is 25.6.